The lowest BCUT2D eigenvalue weighted by atomic mass is 9.97. The third-order valence-electron chi connectivity index (χ3n) is 4.15. The van der Waals surface area contributed by atoms with Gasteiger partial charge in [-0.25, -0.2) is 14.8 Å². The molecule has 0 aromatic carbocycles. The smallest absolute Gasteiger partial charge is 0.326 e. The monoisotopic (exact) mass is 351 g/mol. The van der Waals surface area contributed by atoms with Crippen molar-refractivity contribution in [2.24, 2.45) is 0 Å². The van der Waals surface area contributed by atoms with Crippen LogP contribution in [-0.4, -0.2) is 39.1 Å². The normalized spacial score (nSPS) is 15.4. The molecule has 0 saturated carbocycles. The molecule has 23 heavy (non-hydrogen) atoms. The van der Waals surface area contributed by atoms with E-state index in [2.05, 4.69) is 15.3 Å². The van der Waals surface area contributed by atoms with Crippen molar-refractivity contribution in [3.05, 3.63) is 16.3 Å². The van der Waals surface area contributed by atoms with Crippen LogP contribution in [0.3, 0.4) is 0 Å². The number of carboxylic acids is 1. The highest BCUT2D eigenvalue weighted by molar-refractivity contribution is 7.98. The van der Waals surface area contributed by atoms with E-state index >= 15 is 0 Å². The summed E-state index contributed by atoms with van der Waals surface area (Å²) in [5.74, 6) is 1.36. The first-order chi connectivity index (χ1) is 11.1. The van der Waals surface area contributed by atoms with Gasteiger partial charge in [0.05, 0.1) is 5.39 Å². The highest BCUT2D eigenvalue weighted by atomic mass is 32.2. The predicted molar refractivity (Wildman–Crippen MR) is 96.8 cm³/mol. The molecule has 0 amide bonds. The Bertz CT molecular complexity index is 730. The molecule has 124 valence electrons. The number of hydrogen-bond acceptors (Lipinski definition) is 6. The second-order valence-corrected chi connectivity index (χ2v) is 7.90. The molecule has 0 saturated heterocycles. The third kappa shape index (κ3) is 3.45. The minimum Gasteiger partial charge on any atom is -0.480 e. The Morgan fingerprint density at radius 3 is 2.91 bits per heavy atom. The van der Waals surface area contributed by atoms with Crippen LogP contribution in [-0.2, 0) is 17.6 Å². The summed E-state index contributed by atoms with van der Waals surface area (Å²) in [6.45, 7) is 1.86. The average molecular weight is 351 g/mol. The Kier molecular flexibility index (Phi) is 5.06. The second-order valence-electron chi connectivity index (χ2n) is 5.83. The van der Waals surface area contributed by atoms with Crippen molar-refractivity contribution in [3.63, 3.8) is 0 Å². The maximum atomic E-state index is 11.5. The zero-order chi connectivity index (χ0) is 16.4. The summed E-state index contributed by atoms with van der Waals surface area (Å²) in [6, 6.07) is -0.612. The van der Waals surface area contributed by atoms with E-state index < -0.39 is 12.0 Å². The van der Waals surface area contributed by atoms with Crippen molar-refractivity contribution in [2.75, 3.05) is 17.3 Å². The van der Waals surface area contributed by atoms with Gasteiger partial charge in [-0.1, -0.05) is 0 Å². The molecule has 0 bridgehead atoms. The van der Waals surface area contributed by atoms with Crippen molar-refractivity contribution in [2.45, 2.75) is 45.1 Å². The Morgan fingerprint density at radius 1 is 1.39 bits per heavy atom. The summed E-state index contributed by atoms with van der Waals surface area (Å²) in [7, 11) is 0. The van der Waals surface area contributed by atoms with E-state index in [1.54, 1.807) is 23.1 Å². The number of thiophene rings is 1. The third-order valence-corrected chi connectivity index (χ3v) is 5.98. The number of carbonyl (C=O) groups is 1. The van der Waals surface area contributed by atoms with E-state index in [1.165, 1.54) is 23.3 Å². The van der Waals surface area contributed by atoms with Gasteiger partial charge in [0.25, 0.3) is 0 Å². The lowest BCUT2D eigenvalue weighted by Crippen LogP contribution is -2.30. The van der Waals surface area contributed by atoms with Gasteiger partial charge in [0.1, 0.15) is 22.5 Å². The molecule has 2 aromatic heterocycles. The predicted octanol–water partition coefficient (Wildman–Crippen LogP) is 3.50. The Hall–Kier alpha value is -1.34. The summed E-state index contributed by atoms with van der Waals surface area (Å²) >= 11 is 3.39. The number of rotatable bonds is 6. The van der Waals surface area contributed by atoms with Crippen molar-refractivity contribution in [1.29, 1.82) is 0 Å². The highest BCUT2D eigenvalue weighted by Gasteiger charge is 2.24. The van der Waals surface area contributed by atoms with E-state index in [9.17, 15) is 9.90 Å². The average Bonchev–Trinajstić information content (AvgIpc) is 2.88. The number of carboxylic acid groups (broad SMARTS) is 1. The zero-order valence-corrected chi connectivity index (χ0v) is 15.0. The molecular weight excluding hydrogens is 330 g/mol. The molecule has 7 heteroatoms. The van der Waals surface area contributed by atoms with Crippen molar-refractivity contribution in [1.82, 2.24) is 9.97 Å². The fourth-order valence-corrected chi connectivity index (χ4v) is 4.80. The van der Waals surface area contributed by atoms with Gasteiger partial charge in [-0.2, -0.15) is 11.8 Å². The van der Waals surface area contributed by atoms with Crippen LogP contribution in [0.25, 0.3) is 10.2 Å². The number of nitrogens with zero attached hydrogens (tertiary/aromatic N) is 2. The summed E-state index contributed by atoms with van der Waals surface area (Å²) in [6.07, 6.45) is 7.11. The van der Waals surface area contributed by atoms with Crippen molar-refractivity contribution >= 4 is 45.1 Å². The first kappa shape index (κ1) is 16.5. The second kappa shape index (κ2) is 7.05. The number of aryl methyl sites for hydroxylation is 3. The van der Waals surface area contributed by atoms with E-state index in [1.807, 2.05) is 13.2 Å². The molecule has 1 atom stereocenters. The van der Waals surface area contributed by atoms with Gasteiger partial charge in [0, 0.05) is 4.88 Å². The van der Waals surface area contributed by atoms with E-state index in [4.69, 9.17) is 0 Å². The minimum absolute atomic E-state index is 0.577. The van der Waals surface area contributed by atoms with Gasteiger partial charge >= 0.3 is 5.97 Å². The van der Waals surface area contributed by atoms with Gasteiger partial charge < -0.3 is 10.4 Å². The number of aliphatic carboxylic acids is 1. The van der Waals surface area contributed by atoms with Gasteiger partial charge in [-0.05, 0) is 56.6 Å². The molecule has 0 spiro atoms. The minimum atomic E-state index is -0.826. The largest absolute Gasteiger partial charge is 0.480 e. The number of anilines is 1. The molecule has 5 nitrogen and oxygen atoms in total. The number of aromatic nitrogens is 2. The zero-order valence-electron chi connectivity index (χ0n) is 13.4. The lowest BCUT2D eigenvalue weighted by molar-refractivity contribution is -0.137. The lowest BCUT2D eigenvalue weighted by Gasteiger charge is -2.17. The van der Waals surface area contributed by atoms with E-state index in [0.717, 1.165) is 28.8 Å². The van der Waals surface area contributed by atoms with Gasteiger partial charge in [-0.15, -0.1) is 11.3 Å². The molecule has 1 aliphatic carbocycles. The Morgan fingerprint density at radius 2 is 2.17 bits per heavy atom. The quantitative estimate of drug-likeness (QED) is 0.830. The van der Waals surface area contributed by atoms with Gasteiger partial charge in [0.2, 0.25) is 0 Å². The number of thioether (sulfide) groups is 1. The topological polar surface area (TPSA) is 75.1 Å². The fourth-order valence-electron chi connectivity index (χ4n) is 3.03. The summed E-state index contributed by atoms with van der Waals surface area (Å²) in [5.41, 5.74) is 1.33. The summed E-state index contributed by atoms with van der Waals surface area (Å²) in [4.78, 5) is 23.0. The van der Waals surface area contributed by atoms with Crippen LogP contribution >= 0.6 is 23.1 Å². The summed E-state index contributed by atoms with van der Waals surface area (Å²) in [5, 5.41) is 13.7. The number of fused-ring (bicyclic) bond motifs is 3. The number of hydrogen-bond donors (Lipinski definition) is 2. The van der Waals surface area contributed by atoms with Crippen LogP contribution in [0.5, 0.6) is 0 Å². The first-order valence-electron chi connectivity index (χ1n) is 7.87. The Labute approximate surface area is 143 Å². The van der Waals surface area contributed by atoms with Crippen LogP contribution in [0, 0.1) is 6.92 Å². The SMILES string of the molecule is CSCCC(Nc1nc(C)nc2sc3c(c12)CCCC3)C(=O)O. The molecule has 2 N–H and O–H groups in total. The molecule has 1 aliphatic rings. The molecule has 3 rings (SSSR count). The molecule has 0 aliphatic heterocycles. The standard InChI is InChI=1S/C16H21N3O2S2/c1-9-17-14(19-11(16(20)21)7-8-22-2)13-10-5-3-4-6-12(10)23-15(13)18-9/h11H,3-8H2,1-2H3,(H,20,21)(H,17,18,19). The number of nitrogens with one attached hydrogen (secondary N) is 1. The van der Waals surface area contributed by atoms with Crippen LogP contribution in [0.2, 0.25) is 0 Å². The highest BCUT2D eigenvalue weighted by Crippen LogP contribution is 2.38. The molecular formula is C16H21N3O2S2. The molecule has 0 radical (unpaired) electrons. The maximum absolute atomic E-state index is 11.5. The molecule has 2 heterocycles. The van der Waals surface area contributed by atoms with Crippen molar-refractivity contribution in [3.8, 4) is 0 Å². The molecule has 0 fully saturated rings. The van der Waals surface area contributed by atoms with Gasteiger partial charge in [0.15, 0.2) is 0 Å². The van der Waals surface area contributed by atoms with Crippen LogP contribution < -0.4 is 5.32 Å². The fraction of sp³-hybridized carbons (Fsp3) is 0.562. The molecule has 1 unspecified atom stereocenters. The van der Waals surface area contributed by atoms with Gasteiger partial charge in [-0.3, -0.25) is 0 Å². The van der Waals surface area contributed by atoms with Crippen LogP contribution in [0.1, 0.15) is 35.5 Å². The van der Waals surface area contributed by atoms with E-state index in [0.29, 0.717) is 18.1 Å². The Balaban J connectivity index is 2.01. The first-order valence-corrected chi connectivity index (χ1v) is 10.1. The van der Waals surface area contributed by atoms with Crippen LogP contribution in [0.4, 0.5) is 5.82 Å². The van der Waals surface area contributed by atoms with Crippen molar-refractivity contribution < 1.29 is 9.90 Å². The summed E-state index contributed by atoms with van der Waals surface area (Å²) < 4.78 is 0. The molecule has 2 aromatic rings. The van der Waals surface area contributed by atoms with Crippen LogP contribution in [0.15, 0.2) is 0 Å². The van der Waals surface area contributed by atoms with E-state index in [-0.39, 0.29) is 0 Å². The maximum Gasteiger partial charge on any atom is 0.326 e.